The van der Waals surface area contributed by atoms with Crippen molar-refractivity contribution in [3.63, 3.8) is 0 Å². The molecule has 0 amide bonds. The third kappa shape index (κ3) is 2.26. The van der Waals surface area contributed by atoms with E-state index in [1.807, 2.05) is 52.0 Å². The summed E-state index contributed by atoms with van der Waals surface area (Å²) in [4.78, 5) is 0.0729. The summed E-state index contributed by atoms with van der Waals surface area (Å²) < 4.78 is 33.2. The van der Waals surface area contributed by atoms with E-state index in [-0.39, 0.29) is 10.8 Å². The predicted octanol–water partition coefficient (Wildman–Crippen LogP) is 3.78. The number of hydrogen-bond donors (Lipinski definition) is 1. The lowest BCUT2D eigenvalue weighted by atomic mass is 10.0. The lowest BCUT2D eigenvalue weighted by Gasteiger charge is -2.08. The lowest BCUT2D eigenvalue weighted by molar-refractivity contribution is 0.482. The van der Waals surface area contributed by atoms with E-state index in [0.717, 1.165) is 16.7 Å². The maximum absolute atomic E-state index is 11.8. The standard InChI is InChI=1S/C15H18O3S/c1-9(2)13-11(4)12-8-6-5-7-10(3)14(12)15(13)19(16,17)18/h5-9H,1-4H3,(H,16,17,18). The van der Waals surface area contributed by atoms with Gasteiger partial charge in [0, 0.05) is 5.56 Å². The lowest BCUT2D eigenvalue weighted by Crippen LogP contribution is -2.03. The summed E-state index contributed by atoms with van der Waals surface area (Å²) in [6, 6.07) is 7.52. The van der Waals surface area contributed by atoms with Gasteiger partial charge in [-0.25, -0.2) is 0 Å². The van der Waals surface area contributed by atoms with Crippen LogP contribution in [-0.4, -0.2) is 13.0 Å². The summed E-state index contributed by atoms with van der Waals surface area (Å²) in [6.45, 7) is 7.64. The number of rotatable bonds is 2. The summed E-state index contributed by atoms with van der Waals surface area (Å²) >= 11 is 0. The maximum atomic E-state index is 11.8. The zero-order valence-electron chi connectivity index (χ0n) is 11.6. The minimum atomic E-state index is -4.24. The first-order valence-electron chi connectivity index (χ1n) is 6.24. The Balaban J connectivity index is 3.06. The van der Waals surface area contributed by atoms with Crippen molar-refractivity contribution >= 4 is 10.1 Å². The average molecular weight is 278 g/mol. The maximum Gasteiger partial charge on any atom is 0.295 e. The Bertz CT molecular complexity index is 700. The Hall–Kier alpha value is -1.39. The van der Waals surface area contributed by atoms with Crippen LogP contribution in [0.15, 0.2) is 29.2 Å². The molecule has 0 aromatic heterocycles. The predicted molar refractivity (Wildman–Crippen MR) is 76.4 cm³/mol. The molecule has 0 aromatic rings. The van der Waals surface area contributed by atoms with Crippen LogP contribution in [0.3, 0.4) is 0 Å². The molecule has 0 unspecified atom stereocenters. The highest BCUT2D eigenvalue weighted by Gasteiger charge is 2.30. The minimum absolute atomic E-state index is 0.0361. The monoisotopic (exact) mass is 278 g/mol. The molecule has 1 N–H and O–H groups in total. The molecule has 0 aliphatic heterocycles. The van der Waals surface area contributed by atoms with Crippen LogP contribution in [0.1, 0.15) is 36.5 Å². The number of fused-ring (bicyclic) bond motifs is 1. The molecule has 0 bridgehead atoms. The van der Waals surface area contributed by atoms with Crippen molar-refractivity contribution in [2.24, 2.45) is 0 Å². The highest BCUT2D eigenvalue weighted by Crippen LogP contribution is 2.43. The molecule has 0 heterocycles. The van der Waals surface area contributed by atoms with Gasteiger partial charge in [-0.05, 0) is 42.0 Å². The second-order valence-corrected chi connectivity index (χ2v) is 6.55. The molecule has 0 fully saturated rings. The molecule has 102 valence electrons. The van der Waals surface area contributed by atoms with Crippen LogP contribution in [-0.2, 0) is 10.1 Å². The summed E-state index contributed by atoms with van der Waals surface area (Å²) in [7, 11) is -4.24. The molecule has 0 aromatic carbocycles. The summed E-state index contributed by atoms with van der Waals surface area (Å²) in [6.07, 6.45) is 0. The van der Waals surface area contributed by atoms with Gasteiger partial charge in [-0.3, -0.25) is 4.55 Å². The Kier molecular flexibility index (Phi) is 3.41. The third-order valence-electron chi connectivity index (χ3n) is 3.50. The van der Waals surface area contributed by atoms with E-state index >= 15 is 0 Å². The first-order chi connectivity index (χ1) is 8.75. The molecular formula is C15H18O3S. The Labute approximate surface area is 114 Å². The van der Waals surface area contributed by atoms with Crippen LogP contribution in [0.5, 0.6) is 0 Å². The van der Waals surface area contributed by atoms with Crippen LogP contribution >= 0.6 is 0 Å². The van der Waals surface area contributed by atoms with Crippen LogP contribution in [0.4, 0.5) is 0 Å². The molecule has 0 atom stereocenters. The van der Waals surface area contributed by atoms with Crippen molar-refractivity contribution in [3.8, 4) is 11.1 Å². The summed E-state index contributed by atoms with van der Waals surface area (Å²) in [5.74, 6) is 0.0361. The molecule has 4 heteroatoms. The van der Waals surface area contributed by atoms with Gasteiger partial charge >= 0.3 is 0 Å². The average Bonchev–Trinajstić information content (AvgIpc) is 2.44. The van der Waals surface area contributed by atoms with E-state index in [2.05, 4.69) is 0 Å². The molecular weight excluding hydrogens is 260 g/mol. The fourth-order valence-corrected chi connectivity index (χ4v) is 3.95. The van der Waals surface area contributed by atoms with E-state index in [1.54, 1.807) is 0 Å². The van der Waals surface area contributed by atoms with E-state index < -0.39 is 10.1 Å². The van der Waals surface area contributed by atoms with Crippen LogP contribution in [0, 0.1) is 13.8 Å². The van der Waals surface area contributed by atoms with Crippen LogP contribution < -0.4 is 0 Å². The van der Waals surface area contributed by atoms with Crippen LogP contribution in [0.2, 0.25) is 0 Å². The molecule has 2 aliphatic rings. The molecule has 0 saturated heterocycles. The fraction of sp³-hybridized carbons (Fsp3) is 0.333. The van der Waals surface area contributed by atoms with Crippen LogP contribution in [0.25, 0.3) is 11.1 Å². The van der Waals surface area contributed by atoms with Gasteiger partial charge < -0.3 is 0 Å². The normalized spacial score (nSPS) is 12.3. The van der Waals surface area contributed by atoms with Gasteiger partial charge in [-0.1, -0.05) is 38.1 Å². The molecule has 2 aliphatic carbocycles. The molecule has 3 nitrogen and oxygen atoms in total. The van der Waals surface area contributed by atoms with Crippen molar-refractivity contribution in [1.82, 2.24) is 0 Å². The van der Waals surface area contributed by atoms with Gasteiger partial charge in [-0.2, -0.15) is 8.42 Å². The van der Waals surface area contributed by atoms with E-state index in [9.17, 15) is 13.0 Å². The van der Waals surface area contributed by atoms with Gasteiger partial charge in [0.15, 0.2) is 0 Å². The SMILES string of the molecule is Cc1ccccc2c(C)c(C(C)C)c(S(=O)(=O)O)c1-2. The Morgan fingerprint density at radius 3 is 2.21 bits per heavy atom. The number of hydrogen-bond acceptors (Lipinski definition) is 2. The quantitative estimate of drug-likeness (QED) is 0.851. The molecule has 19 heavy (non-hydrogen) atoms. The first kappa shape index (κ1) is 14.0. The Morgan fingerprint density at radius 1 is 1.11 bits per heavy atom. The van der Waals surface area contributed by atoms with Gasteiger partial charge in [-0.15, -0.1) is 0 Å². The van der Waals surface area contributed by atoms with E-state index in [0.29, 0.717) is 11.1 Å². The van der Waals surface area contributed by atoms with Gasteiger partial charge in [0.05, 0.1) is 0 Å². The number of aryl methyl sites for hydroxylation is 1. The summed E-state index contributed by atoms with van der Waals surface area (Å²) in [5.41, 5.74) is 4.01. The zero-order chi connectivity index (χ0) is 14.4. The van der Waals surface area contributed by atoms with Crippen molar-refractivity contribution in [3.05, 3.63) is 41.0 Å². The summed E-state index contributed by atoms with van der Waals surface area (Å²) in [5, 5.41) is 0. The van der Waals surface area contributed by atoms with E-state index in [1.165, 1.54) is 0 Å². The molecule has 0 saturated carbocycles. The van der Waals surface area contributed by atoms with Crippen molar-refractivity contribution in [1.29, 1.82) is 0 Å². The molecule has 0 radical (unpaired) electrons. The molecule has 2 rings (SSSR count). The second-order valence-electron chi connectivity index (χ2n) is 5.19. The molecule has 0 spiro atoms. The van der Waals surface area contributed by atoms with Crippen molar-refractivity contribution < 1.29 is 13.0 Å². The third-order valence-corrected chi connectivity index (χ3v) is 4.44. The minimum Gasteiger partial charge on any atom is -0.282 e. The zero-order valence-corrected chi connectivity index (χ0v) is 12.4. The topological polar surface area (TPSA) is 54.4 Å². The first-order valence-corrected chi connectivity index (χ1v) is 7.68. The van der Waals surface area contributed by atoms with Gasteiger partial charge in [0.2, 0.25) is 0 Å². The van der Waals surface area contributed by atoms with Crippen molar-refractivity contribution in [2.45, 2.75) is 38.5 Å². The van der Waals surface area contributed by atoms with Gasteiger partial charge in [0.1, 0.15) is 4.90 Å². The van der Waals surface area contributed by atoms with E-state index in [4.69, 9.17) is 0 Å². The smallest absolute Gasteiger partial charge is 0.282 e. The van der Waals surface area contributed by atoms with Crippen molar-refractivity contribution in [2.75, 3.05) is 0 Å². The van der Waals surface area contributed by atoms with Gasteiger partial charge in [0.25, 0.3) is 10.1 Å². The Morgan fingerprint density at radius 2 is 1.68 bits per heavy atom. The fourth-order valence-electron chi connectivity index (χ4n) is 2.76. The highest BCUT2D eigenvalue weighted by atomic mass is 32.2. The highest BCUT2D eigenvalue weighted by molar-refractivity contribution is 7.86. The largest absolute Gasteiger partial charge is 0.295 e. The second kappa shape index (κ2) is 4.62.